The molecule has 0 aliphatic carbocycles. The SMILES string of the molecule is c1coc(CN(CCN(CCN(Cc2ccc3ccccc3n2)Cc2ccco2)CCN(Cc2ccc3ccccc3n2)Cc2ccco2)Cc2ccc3ccccc3n2)c1. The summed E-state index contributed by atoms with van der Waals surface area (Å²) in [6, 6.07) is 49.9. The van der Waals surface area contributed by atoms with Crippen LogP contribution in [0.4, 0.5) is 0 Å². The third-order valence-electron chi connectivity index (χ3n) is 11.2. The van der Waals surface area contributed by atoms with E-state index in [9.17, 15) is 0 Å². The summed E-state index contributed by atoms with van der Waals surface area (Å²) >= 11 is 0. The van der Waals surface area contributed by atoms with Gasteiger partial charge in [0.25, 0.3) is 0 Å². The van der Waals surface area contributed by atoms with Gasteiger partial charge in [-0.2, -0.15) is 0 Å². The molecular weight excluding hydrogens is 759 g/mol. The van der Waals surface area contributed by atoms with Gasteiger partial charge in [0, 0.05) is 75.1 Å². The lowest BCUT2D eigenvalue weighted by Gasteiger charge is -2.31. The van der Waals surface area contributed by atoms with Crippen LogP contribution in [0.5, 0.6) is 0 Å². The highest BCUT2D eigenvalue weighted by Gasteiger charge is 2.19. The molecule has 0 saturated heterocycles. The van der Waals surface area contributed by atoms with E-state index in [4.69, 9.17) is 28.2 Å². The summed E-state index contributed by atoms with van der Waals surface area (Å²) < 4.78 is 17.7. The van der Waals surface area contributed by atoms with Gasteiger partial charge in [-0.3, -0.25) is 34.6 Å². The van der Waals surface area contributed by atoms with Crippen LogP contribution >= 0.6 is 0 Å². The Morgan fingerprint density at radius 1 is 0.295 bits per heavy atom. The molecule has 0 saturated carbocycles. The number of furan rings is 3. The molecule has 0 aliphatic rings. The third kappa shape index (κ3) is 11.0. The van der Waals surface area contributed by atoms with Gasteiger partial charge in [0.1, 0.15) is 17.3 Å². The molecule has 0 atom stereocenters. The summed E-state index contributed by atoms with van der Waals surface area (Å²) in [7, 11) is 0. The monoisotopic (exact) mass is 809 g/mol. The van der Waals surface area contributed by atoms with Gasteiger partial charge in [0.2, 0.25) is 0 Å². The first-order valence-corrected chi connectivity index (χ1v) is 21.2. The van der Waals surface area contributed by atoms with E-state index < -0.39 is 0 Å². The summed E-state index contributed by atoms with van der Waals surface area (Å²) in [4.78, 5) is 25.1. The highest BCUT2D eigenvalue weighted by atomic mass is 16.3. The van der Waals surface area contributed by atoms with E-state index in [1.807, 2.05) is 36.4 Å². The minimum atomic E-state index is 0.686. The number of fused-ring (bicyclic) bond motifs is 3. The van der Waals surface area contributed by atoms with E-state index in [-0.39, 0.29) is 0 Å². The highest BCUT2D eigenvalue weighted by molar-refractivity contribution is 5.79. The van der Waals surface area contributed by atoms with Gasteiger partial charge >= 0.3 is 0 Å². The van der Waals surface area contributed by atoms with E-state index >= 15 is 0 Å². The van der Waals surface area contributed by atoms with Crippen molar-refractivity contribution in [1.82, 2.24) is 34.6 Å². The number of hydrogen-bond acceptors (Lipinski definition) is 10. The van der Waals surface area contributed by atoms with Crippen LogP contribution in [-0.4, -0.2) is 73.8 Å². The maximum absolute atomic E-state index is 5.88. The van der Waals surface area contributed by atoms with Gasteiger partial charge < -0.3 is 13.3 Å². The largest absolute Gasteiger partial charge is 0.468 e. The summed E-state index contributed by atoms with van der Waals surface area (Å²) in [6.45, 7) is 9.18. The van der Waals surface area contributed by atoms with Crippen molar-refractivity contribution in [3.8, 4) is 0 Å². The molecular formula is C51H51N7O3. The molecule has 9 aromatic rings. The van der Waals surface area contributed by atoms with Gasteiger partial charge in [0.05, 0.1) is 72.1 Å². The molecule has 10 nitrogen and oxygen atoms in total. The van der Waals surface area contributed by atoms with Crippen LogP contribution in [0, 0.1) is 0 Å². The first-order valence-electron chi connectivity index (χ1n) is 21.2. The van der Waals surface area contributed by atoms with Gasteiger partial charge in [0.15, 0.2) is 0 Å². The molecule has 9 rings (SSSR count). The average molecular weight is 810 g/mol. The second kappa shape index (κ2) is 19.8. The molecule has 0 bridgehead atoms. The lowest BCUT2D eigenvalue weighted by atomic mass is 10.2. The molecule has 0 aliphatic heterocycles. The lowest BCUT2D eigenvalue weighted by molar-refractivity contribution is 0.134. The maximum Gasteiger partial charge on any atom is 0.117 e. The molecule has 308 valence electrons. The first-order chi connectivity index (χ1) is 30.1. The van der Waals surface area contributed by atoms with Crippen LogP contribution in [0.2, 0.25) is 0 Å². The molecule has 0 fully saturated rings. The number of pyridine rings is 3. The molecule has 61 heavy (non-hydrogen) atoms. The van der Waals surface area contributed by atoms with Crippen molar-refractivity contribution in [3.63, 3.8) is 0 Å². The van der Waals surface area contributed by atoms with Gasteiger partial charge in [-0.15, -0.1) is 0 Å². The summed E-state index contributed by atoms with van der Waals surface area (Å²) in [5.74, 6) is 2.81. The first kappa shape index (κ1) is 40.0. The van der Waals surface area contributed by atoms with Crippen LogP contribution in [0.15, 0.2) is 178 Å². The number of para-hydroxylation sites is 3. The van der Waals surface area contributed by atoms with Gasteiger partial charge in [-0.1, -0.05) is 72.8 Å². The van der Waals surface area contributed by atoms with Crippen molar-refractivity contribution in [1.29, 1.82) is 0 Å². The highest BCUT2D eigenvalue weighted by Crippen LogP contribution is 2.19. The quantitative estimate of drug-likeness (QED) is 0.0699. The molecule has 0 spiro atoms. The van der Waals surface area contributed by atoms with Crippen LogP contribution in [0.3, 0.4) is 0 Å². The van der Waals surface area contributed by atoms with Crippen LogP contribution in [0.1, 0.15) is 34.4 Å². The molecule has 3 aromatic carbocycles. The van der Waals surface area contributed by atoms with Crippen molar-refractivity contribution in [3.05, 3.63) is 199 Å². The van der Waals surface area contributed by atoms with E-state index in [1.165, 1.54) is 0 Å². The molecule has 6 aromatic heterocycles. The number of benzene rings is 3. The molecule has 0 radical (unpaired) electrons. The Labute approximate surface area is 356 Å². The molecule has 6 heterocycles. The molecule has 0 amide bonds. The Bertz CT molecular complexity index is 2420. The van der Waals surface area contributed by atoms with Crippen molar-refractivity contribution < 1.29 is 13.3 Å². The fourth-order valence-corrected chi connectivity index (χ4v) is 7.97. The number of rotatable bonds is 21. The average Bonchev–Trinajstić information content (AvgIpc) is 4.12. The maximum atomic E-state index is 5.88. The zero-order valence-electron chi connectivity index (χ0n) is 34.4. The van der Waals surface area contributed by atoms with Crippen molar-refractivity contribution in [2.24, 2.45) is 0 Å². The summed E-state index contributed by atoms with van der Waals surface area (Å²) in [5.41, 5.74) is 6.14. The van der Waals surface area contributed by atoms with Crippen LogP contribution < -0.4 is 0 Å². The van der Waals surface area contributed by atoms with E-state index in [2.05, 4.69) is 129 Å². The Balaban J connectivity index is 0.960. The Hall–Kier alpha value is -6.43. The second-order valence-electron chi connectivity index (χ2n) is 15.7. The Morgan fingerprint density at radius 2 is 0.607 bits per heavy atom. The molecule has 0 N–H and O–H groups in total. The minimum absolute atomic E-state index is 0.686. The van der Waals surface area contributed by atoms with Crippen molar-refractivity contribution in [2.75, 3.05) is 39.3 Å². The minimum Gasteiger partial charge on any atom is -0.468 e. The van der Waals surface area contributed by atoms with Crippen molar-refractivity contribution in [2.45, 2.75) is 39.3 Å². The van der Waals surface area contributed by atoms with Crippen LogP contribution in [-0.2, 0) is 39.3 Å². The number of aromatic nitrogens is 3. The van der Waals surface area contributed by atoms with Crippen molar-refractivity contribution >= 4 is 32.7 Å². The predicted octanol–water partition coefficient (Wildman–Crippen LogP) is 9.82. The van der Waals surface area contributed by atoms with Gasteiger partial charge in [-0.05, 0) is 72.8 Å². The van der Waals surface area contributed by atoms with E-state index in [1.54, 1.807) is 18.8 Å². The molecule has 10 heteroatoms. The molecule has 0 unspecified atom stereocenters. The van der Waals surface area contributed by atoms with E-state index in [0.717, 1.165) is 106 Å². The topological polar surface area (TPSA) is 91.1 Å². The predicted molar refractivity (Wildman–Crippen MR) is 240 cm³/mol. The third-order valence-corrected chi connectivity index (χ3v) is 11.2. The fourth-order valence-electron chi connectivity index (χ4n) is 7.97. The Kier molecular flexibility index (Phi) is 13.0. The zero-order valence-corrected chi connectivity index (χ0v) is 34.4. The standard InChI is InChI=1S/C51H51N7O3/c1-4-16-49-40(10-1)19-22-43(52-49)34-56(37-46-13-7-31-59-46)28-25-55(26-29-57(38-47-14-8-32-60-47)35-44-23-20-41-11-2-5-17-50(41)53-44)27-30-58(39-48-15-9-33-61-48)36-45-24-21-42-12-3-6-18-51(42)54-45/h1-24,31-33H,25-30,34-39H2. The summed E-state index contributed by atoms with van der Waals surface area (Å²) in [6.07, 6.45) is 5.26. The van der Waals surface area contributed by atoms with Gasteiger partial charge in [-0.25, -0.2) is 0 Å². The van der Waals surface area contributed by atoms with E-state index in [0.29, 0.717) is 39.3 Å². The zero-order chi connectivity index (χ0) is 41.1. The fraction of sp³-hybridized carbons (Fsp3) is 0.235. The summed E-state index contributed by atoms with van der Waals surface area (Å²) in [5, 5.41) is 3.43. The Morgan fingerprint density at radius 3 is 0.918 bits per heavy atom. The smallest absolute Gasteiger partial charge is 0.117 e. The van der Waals surface area contributed by atoms with Crippen LogP contribution in [0.25, 0.3) is 32.7 Å². The number of nitrogens with zero attached hydrogens (tertiary/aromatic N) is 7. The number of hydrogen-bond donors (Lipinski definition) is 0. The lowest BCUT2D eigenvalue weighted by Crippen LogP contribution is -2.42. The normalized spacial score (nSPS) is 12.0. The second-order valence-corrected chi connectivity index (χ2v) is 15.7.